The van der Waals surface area contributed by atoms with E-state index >= 15 is 0 Å². The molecule has 0 bridgehead atoms. The van der Waals surface area contributed by atoms with Gasteiger partial charge in [0.25, 0.3) is 5.69 Å². The quantitative estimate of drug-likeness (QED) is 0.603. The maximum atomic E-state index is 10.8. The normalized spacial score (nSPS) is 10.0. The third kappa shape index (κ3) is 2.09. The molecule has 0 spiro atoms. The Balaban J connectivity index is 3.52. The number of carboxylic acid groups (broad SMARTS) is 1. The molecule has 0 aliphatic rings. The van der Waals surface area contributed by atoms with Crippen LogP contribution in [0.4, 0.5) is 5.69 Å². The summed E-state index contributed by atoms with van der Waals surface area (Å²) in [7, 11) is 0. The highest BCUT2D eigenvalue weighted by Crippen LogP contribution is 2.22. The van der Waals surface area contributed by atoms with Crippen LogP contribution in [0.15, 0.2) is 6.07 Å². The Hall–Kier alpha value is -1.98. The van der Waals surface area contributed by atoms with E-state index in [1.807, 2.05) is 0 Å². The average molecular weight is 210 g/mol. The van der Waals surface area contributed by atoms with E-state index in [-0.39, 0.29) is 23.4 Å². The zero-order valence-electron chi connectivity index (χ0n) is 8.35. The fourth-order valence-corrected chi connectivity index (χ4v) is 1.37. The third-order valence-electron chi connectivity index (χ3n) is 1.98. The predicted octanol–water partition coefficient (Wildman–Crippen LogP) is 1.56. The van der Waals surface area contributed by atoms with E-state index in [2.05, 4.69) is 4.98 Å². The molecule has 0 aliphatic carbocycles. The highest BCUT2D eigenvalue weighted by Gasteiger charge is 2.22. The predicted molar refractivity (Wildman–Crippen MR) is 52.0 cm³/mol. The average Bonchev–Trinajstić information content (AvgIpc) is 2.16. The molecule has 6 nitrogen and oxygen atoms in total. The summed E-state index contributed by atoms with van der Waals surface area (Å²) in [5, 5.41) is 19.5. The molecule has 1 aromatic heterocycles. The van der Waals surface area contributed by atoms with Crippen LogP contribution < -0.4 is 0 Å². The van der Waals surface area contributed by atoms with Gasteiger partial charge in [-0.3, -0.25) is 10.1 Å². The van der Waals surface area contributed by atoms with Crippen molar-refractivity contribution >= 4 is 11.7 Å². The molecule has 0 atom stereocenters. The summed E-state index contributed by atoms with van der Waals surface area (Å²) < 4.78 is 0. The fraction of sp³-hybridized carbons (Fsp3) is 0.333. The molecular formula is C9H10N2O4. The zero-order chi connectivity index (χ0) is 11.6. The number of carboxylic acids is 1. The lowest BCUT2D eigenvalue weighted by Gasteiger charge is -2.04. The van der Waals surface area contributed by atoms with E-state index in [0.717, 1.165) is 0 Å². The van der Waals surface area contributed by atoms with E-state index in [1.54, 1.807) is 6.92 Å². The van der Waals surface area contributed by atoms with Crippen molar-refractivity contribution in [1.82, 2.24) is 4.98 Å². The maximum absolute atomic E-state index is 10.8. The summed E-state index contributed by atoms with van der Waals surface area (Å²) in [5.74, 6) is -1.24. The second-order valence-electron chi connectivity index (χ2n) is 3.03. The van der Waals surface area contributed by atoms with Gasteiger partial charge in [0.15, 0.2) is 5.69 Å². The van der Waals surface area contributed by atoms with Gasteiger partial charge in [-0.1, -0.05) is 6.92 Å². The first-order chi connectivity index (χ1) is 6.97. The van der Waals surface area contributed by atoms with E-state index in [0.29, 0.717) is 5.69 Å². The van der Waals surface area contributed by atoms with Crippen molar-refractivity contribution in [2.75, 3.05) is 0 Å². The molecule has 1 aromatic rings. The van der Waals surface area contributed by atoms with Crippen LogP contribution in [0.1, 0.15) is 28.7 Å². The number of hydrogen-bond acceptors (Lipinski definition) is 4. The van der Waals surface area contributed by atoms with Gasteiger partial charge in [-0.25, -0.2) is 9.78 Å². The summed E-state index contributed by atoms with van der Waals surface area (Å²) in [6.45, 7) is 3.19. The lowest BCUT2D eigenvalue weighted by atomic mass is 10.1. The van der Waals surface area contributed by atoms with Crippen molar-refractivity contribution in [2.45, 2.75) is 20.3 Å². The Kier molecular flexibility index (Phi) is 2.99. The molecule has 1 N–H and O–H groups in total. The lowest BCUT2D eigenvalue weighted by Crippen LogP contribution is -2.09. The number of pyridine rings is 1. The number of aromatic carboxylic acids is 1. The van der Waals surface area contributed by atoms with E-state index < -0.39 is 10.9 Å². The van der Waals surface area contributed by atoms with Gasteiger partial charge >= 0.3 is 5.97 Å². The molecule has 1 rings (SSSR count). The Morgan fingerprint density at radius 2 is 2.27 bits per heavy atom. The number of hydrogen-bond donors (Lipinski definition) is 1. The zero-order valence-corrected chi connectivity index (χ0v) is 8.35. The van der Waals surface area contributed by atoms with Crippen molar-refractivity contribution < 1.29 is 14.8 Å². The van der Waals surface area contributed by atoms with E-state index in [9.17, 15) is 14.9 Å². The van der Waals surface area contributed by atoms with Crippen LogP contribution >= 0.6 is 0 Å². The number of nitro groups is 1. The molecule has 0 aromatic carbocycles. The van der Waals surface area contributed by atoms with Gasteiger partial charge in [-0.2, -0.15) is 0 Å². The number of carbonyl (C=O) groups is 1. The van der Waals surface area contributed by atoms with Crippen molar-refractivity contribution in [3.05, 3.63) is 33.1 Å². The smallest absolute Gasteiger partial charge is 0.355 e. The second-order valence-corrected chi connectivity index (χ2v) is 3.03. The standard InChI is InChI=1S/C9H10N2O4/c1-3-6-7(11(14)15)4-5(2)10-8(6)9(12)13/h4H,3H2,1-2H3,(H,12,13). The van der Waals surface area contributed by atoms with Gasteiger partial charge in [0.05, 0.1) is 10.5 Å². The van der Waals surface area contributed by atoms with Crippen molar-refractivity contribution in [3.63, 3.8) is 0 Å². The first-order valence-corrected chi connectivity index (χ1v) is 4.35. The number of rotatable bonds is 3. The Morgan fingerprint density at radius 1 is 1.67 bits per heavy atom. The molecule has 0 unspecified atom stereocenters. The van der Waals surface area contributed by atoms with Crippen molar-refractivity contribution in [2.24, 2.45) is 0 Å². The van der Waals surface area contributed by atoms with Gasteiger partial charge < -0.3 is 5.11 Å². The van der Waals surface area contributed by atoms with Gasteiger partial charge in [0, 0.05) is 11.8 Å². The Labute approximate surface area is 85.7 Å². The minimum Gasteiger partial charge on any atom is -0.476 e. The fourth-order valence-electron chi connectivity index (χ4n) is 1.37. The summed E-state index contributed by atoms with van der Waals surface area (Å²) in [5.41, 5.74) is 0.0843. The molecule has 80 valence electrons. The minimum absolute atomic E-state index is 0.165. The minimum atomic E-state index is -1.24. The number of aromatic nitrogens is 1. The highest BCUT2D eigenvalue weighted by molar-refractivity contribution is 5.88. The van der Waals surface area contributed by atoms with Crippen LogP contribution in [0, 0.1) is 17.0 Å². The summed E-state index contributed by atoms with van der Waals surface area (Å²) in [6.07, 6.45) is 0.269. The Bertz CT molecular complexity index is 393. The van der Waals surface area contributed by atoms with Gasteiger partial charge in [0.1, 0.15) is 0 Å². The molecule has 15 heavy (non-hydrogen) atoms. The Morgan fingerprint density at radius 3 is 2.67 bits per heavy atom. The molecule has 0 aliphatic heterocycles. The van der Waals surface area contributed by atoms with Crippen LogP contribution in [-0.2, 0) is 6.42 Å². The third-order valence-corrected chi connectivity index (χ3v) is 1.98. The van der Waals surface area contributed by atoms with Gasteiger partial charge in [0.2, 0.25) is 0 Å². The molecular weight excluding hydrogens is 200 g/mol. The van der Waals surface area contributed by atoms with Crippen LogP contribution in [0.2, 0.25) is 0 Å². The molecule has 1 heterocycles. The molecule has 6 heteroatoms. The van der Waals surface area contributed by atoms with Crippen LogP contribution in [0.3, 0.4) is 0 Å². The van der Waals surface area contributed by atoms with Crippen molar-refractivity contribution in [3.8, 4) is 0 Å². The SMILES string of the molecule is CCc1c([N+](=O)[O-])cc(C)nc1C(=O)O. The lowest BCUT2D eigenvalue weighted by molar-refractivity contribution is -0.385. The summed E-state index contributed by atoms with van der Waals surface area (Å²) in [4.78, 5) is 24.7. The molecule has 0 radical (unpaired) electrons. The molecule has 0 saturated heterocycles. The topological polar surface area (TPSA) is 93.3 Å². The molecule has 0 fully saturated rings. The van der Waals surface area contributed by atoms with Gasteiger partial charge in [-0.15, -0.1) is 0 Å². The largest absolute Gasteiger partial charge is 0.476 e. The monoisotopic (exact) mass is 210 g/mol. The first-order valence-electron chi connectivity index (χ1n) is 4.35. The van der Waals surface area contributed by atoms with Crippen molar-refractivity contribution in [1.29, 1.82) is 0 Å². The van der Waals surface area contributed by atoms with Crippen LogP contribution in [-0.4, -0.2) is 21.0 Å². The molecule has 0 saturated carbocycles. The summed E-state index contributed by atoms with van der Waals surface area (Å²) in [6, 6.07) is 1.28. The highest BCUT2D eigenvalue weighted by atomic mass is 16.6. The van der Waals surface area contributed by atoms with Crippen LogP contribution in [0.5, 0.6) is 0 Å². The maximum Gasteiger partial charge on any atom is 0.355 e. The first kappa shape index (κ1) is 11.1. The summed E-state index contributed by atoms with van der Waals surface area (Å²) >= 11 is 0. The second kappa shape index (κ2) is 4.04. The molecule has 0 amide bonds. The van der Waals surface area contributed by atoms with Crippen LogP contribution in [0.25, 0.3) is 0 Å². The number of nitrogens with zero attached hydrogens (tertiary/aromatic N) is 2. The van der Waals surface area contributed by atoms with Gasteiger partial charge in [-0.05, 0) is 13.3 Å². The van der Waals surface area contributed by atoms with E-state index in [4.69, 9.17) is 5.11 Å². The van der Waals surface area contributed by atoms with E-state index in [1.165, 1.54) is 13.0 Å². The number of aryl methyl sites for hydroxylation is 1.